The highest BCUT2D eigenvalue weighted by Gasteiger charge is 2.47. The molecule has 0 radical (unpaired) electrons. The van der Waals surface area contributed by atoms with E-state index in [2.05, 4.69) is 19.2 Å². The van der Waals surface area contributed by atoms with Crippen molar-refractivity contribution < 1.29 is 0 Å². The maximum atomic E-state index is 3.58. The molecule has 1 heterocycles. The first-order chi connectivity index (χ1) is 6.83. The monoisotopic (exact) mass is 195 g/mol. The van der Waals surface area contributed by atoms with Crippen molar-refractivity contribution in [1.29, 1.82) is 0 Å². The van der Waals surface area contributed by atoms with Gasteiger partial charge in [-0.3, -0.25) is 0 Å². The first kappa shape index (κ1) is 10.5. The molecular formula is C13H25N. The highest BCUT2D eigenvalue weighted by atomic mass is 14.9. The third-order valence-corrected chi connectivity index (χ3v) is 4.96. The minimum atomic E-state index is 0.745. The second-order valence-corrected chi connectivity index (χ2v) is 5.29. The Kier molecular flexibility index (Phi) is 3.16. The quantitative estimate of drug-likeness (QED) is 0.713. The summed E-state index contributed by atoms with van der Waals surface area (Å²) in [6.07, 6.45) is 8.76. The molecule has 14 heavy (non-hydrogen) atoms. The van der Waals surface area contributed by atoms with Crippen molar-refractivity contribution in [1.82, 2.24) is 5.32 Å². The Morgan fingerprint density at radius 2 is 1.93 bits per heavy atom. The molecule has 0 aromatic heterocycles. The Balaban J connectivity index is 2.16. The summed E-state index contributed by atoms with van der Waals surface area (Å²) in [6.45, 7) is 7.33. The molecule has 1 spiro atoms. The lowest BCUT2D eigenvalue weighted by molar-refractivity contribution is 0.0548. The first-order valence-corrected chi connectivity index (χ1v) is 6.54. The van der Waals surface area contributed by atoms with Crippen LogP contribution < -0.4 is 5.32 Å². The van der Waals surface area contributed by atoms with Crippen LogP contribution in [0, 0.1) is 17.3 Å². The predicted octanol–water partition coefficient (Wildman–Crippen LogP) is 3.20. The van der Waals surface area contributed by atoms with E-state index in [0.717, 1.165) is 17.3 Å². The molecule has 2 fully saturated rings. The van der Waals surface area contributed by atoms with Gasteiger partial charge < -0.3 is 5.32 Å². The fraction of sp³-hybridized carbons (Fsp3) is 1.00. The van der Waals surface area contributed by atoms with Crippen molar-refractivity contribution in [3.8, 4) is 0 Å². The second kappa shape index (κ2) is 4.22. The van der Waals surface area contributed by atoms with Crippen molar-refractivity contribution in [2.45, 2.75) is 52.4 Å². The summed E-state index contributed by atoms with van der Waals surface area (Å²) in [4.78, 5) is 0. The van der Waals surface area contributed by atoms with Crippen LogP contribution in [-0.2, 0) is 0 Å². The zero-order valence-corrected chi connectivity index (χ0v) is 9.81. The molecule has 2 aliphatic rings. The minimum absolute atomic E-state index is 0.745. The van der Waals surface area contributed by atoms with Crippen LogP contribution in [0.25, 0.3) is 0 Å². The number of rotatable bonds is 2. The van der Waals surface area contributed by atoms with E-state index in [1.807, 2.05) is 0 Å². The minimum Gasteiger partial charge on any atom is -0.316 e. The lowest BCUT2D eigenvalue weighted by atomic mass is 9.63. The molecule has 1 aliphatic carbocycles. The molecule has 3 atom stereocenters. The van der Waals surface area contributed by atoms with Gasteiger partial charge in [0.1, 0.15) is 0 Å². The summed E-state index contributed by atoms with van der Waals surface area (Å²) in [5.41, 5.74) is 0.745. The lowest BCUT2D eigenvalue weighted by Gasteiger charge is -2.46. The van der Waals surface area contributed by atoms with Crippen molar-refractivity contribution in [3.05, 3.63) is 0 Å². The number of piperidine rings is 1. The van der Waals surface area contributed by atoms with Crippen molar-refractivity contribution in [2.24, 2.45) is 17.3 Å². The van der Waals surface area contributed by atoms with Crippen molar-refractivity contribution in [3.63, 3.8) is 0 Å². The van der Waals surface area contributed by atoms with Gasteiger partial charge >= 0.3 is 0 Å². The van der Waals surface area contributed by atoms with Crippen LogP contribution in [0.4, 0.5) is 0 Å². The van der Waals surface area contributed by atoms with Crippen LogP contribution in [0.1, 0.15) is 52.4 Å². The van der Waals surface area contributed by atoms with E-state index in [1.165, 1.54) is 51.6 Å². The van der Waals surface area contributed by atoms with Crippen LogP contribution in [-0.4, -0.2) is 13.1 Å². The third-order valence-electron chi connectivity index (χ3n) is 4.96. The summed E-state index contributed by atoms with van der Waals surface area (Å²) >= 11 is 0. The largest absolute Gasteiger partial charge is 0.316 e. The fourth-order valence-electron chi connectivity index (χ4n) is 4.20. The zero-order chi connectivity index (χ0) is 10.0. The molecular weight excluding hydrogens is 170 g/mol. The molecule has 82 valence electrons. The summed E-state index contributed by atoms with van der Waals surface area (Å²) < 4.78 is 0. The smallest absolute Gasteiger partial charge is 0.00152 e. The molecule has 1 saturated carbocycles. The summed E-state index contributed by atoms with van der Waals surface area (Å²) in [5, 5.41) is 3.58. The number of nitrogens with one attached hydrogen (secondary N) is 1. The Bertz CT molecular complexity index is 190. The first-order valence-electron chi connectivity index (χ1n) is 6.54. The maximum absolute atomic E-state index is 3.58. The van der Waals surface area contributed by atoms with E-state index in [-0.39, 0.29) is 0 Å². The zero-order valence-electron chi connectivity index (χ0n) is 9.81. The van der Waals surface area contributed by atoms with Crippen LogP contribution in [0.15, 0.2) is 0 Å². The summed E-state index contributed by atoms with van der Waals surface area (Å²) in [6, 6.07) is 0. The van der Waals surface area contributed by atoms with Gasteiger partial charge in [0.05, 0.1) is 0 Å². The fourth-order valence-corrected chi connectivity index (χ4v) is 4.20. The van der Waals surface area contributed by atoms with Gasteiger partial charge in [-0.25, -0.2) is 0 Å². The SMILES string of the molecule is CCC1CCCC12CCNCC2CC. The van der Waals surface area contributed by atoms with Crippen LogP contribution in [0.2, 0.25) is 0 Å². The Morgan fingerprint density at radius 1 is 1.14 bits per heavy atom. The average Bonchev–Trinajstić information content (AvgIpc) is 2.62. The van der Waals surface area contributed by atoms with Crippen LogP contribution in [0.5, 0.6) is 0 Å². The second-order valence-electron chi connectivity index (χ2n) is 5.29. The summed E-state index contributed by atoms with van der Waals surface area (Å²) in [5.74, 6) is 2.00. The Hall–Kier alpha value is -0.0400. The van der Waals surface area contributed by atoms with Gasteiger partial charge in [-0.15, -0.1) is 0 Å². The molecule has 1 nitrogen and oxygen atoms in total. The van der Waals surface area contributed by atoms with E-state index >= 15 is 0 Å². The Morgan fingerprint density at radius 3 is 2.64 bits per heavy atom. The molecule has 0 bridgehead atoms. The number of hydrogen-bond donors (Lipinski definition) is 1. The van der Waals surface area contributed by atoms with E-state index in [4.69, 9.17) is 0 Å². The van der Waals surface area contributed by atoms with Crippen LogP contribution >= 0.6 is 0 Å². The van der Waals surface area contributed by atoms with Gasteiger partial charge in [-0.2, -0.15) is 0 Å². The average molecular weight is 195 g/mol. The maximum Gasteiger partial charge on any atom is -0.00152 e. The molecule has 1 N–H and O–H groups in total. The van der Waals surface area contributed by atoms with Crippen molar-refractivity contribution >= 4 is 0 Å². The highest BCUT2D eigenvalue weighted by Crippen LogP contribution is 2.54. The van der Waals surface area contributed by atoms with Gasteiger partial charge in [0, 0.05) is 0 Å². The standard InChI is InChI=1S/C13H25N/c1-3-11-6-5-7-13(11)8-9-14-10-12(13)4-2/h11-12,14H,3-10H2,1-2H3. The molecule has 2 rings (SSSR count). The highest BCUT2D eigenvalue weighted by molar-refractivity contribution is 4.98. The lowest BCUT2D eigenvalue weighted by Crippen LogP contribution is -2.46. The molecule has 0 amide bonds. The molecule has 0 aromatic carbocycles. The van der Waals surface area contributed by atoms with Gasteiger partial charge in [0.15, 0.2) is 0 Å². The molecule has 3 unspecified atom stereocenters. The van der Waals surface area contributed by atoms with Crippen molar-refractivity contribution in [2.75, 3.05) is 13.1 Å². The van der Waals surface area contributed by atoms with Gasteiger partial charge in [-0.05, 0) is 49.6 Å². The summed E-state index contributed by atoms with van der Waals surface area (Å²) in [7, 11) is 0. The van der Waals surface area contributed by atoms with E-state index in [9.17, 15) is 0 Å². The van der Waals surface area contributed by atoms with E-state index in [1.54, 1.807) is 0 Å². The number of hydrogen-bond acceptors (Lipinski definition) is 1. The van der Waals surface area contributed by atoms with E-state index < -0.39 is 0 Å². The van der Waals surface area contributed by atoms with Gasteiger partial charge in [0.25, 0.3) is 0 Å². The normalized spacial score (nSPS) is 43.3. The topological polar surface area (TPSA) is 12.0 Å². The Labute approximate surface area is 88.7 Å². The molecule has 1 saturated heterocycles. The molecule has 1 heteroatoms. The predicted molar refractivity (Wildman–Crippen MR) is 61.3 cm³/mol. The van der Waals surface area contributed by atoms with Gasteiger partial charge in [-0.1, -0.05) is 33.1 Å². The van der Waals surface area contributed by atoms with E-state index in [0.29, 0.717) is 0 Å². The van der Waals surface area contributed by atoms with Crippen LogP contribution in [0.3, 0.4) is 0 Å². The van der Waals surface area contributed by atoms with Gasteiger partial charge in [0.2, 0.25) is 0 Å². The third kappa shape index (κ3) is 1.50. The molecule has 1 aliphatic heterocycles. The molecule has 0 aromatic rings.